The standard InChI is InChI=1S/C24H25NO2/c1-27-24(26)18-11-12-20-21(15-18)25-14-13-16-7-5-6-10-19(16)23(25)22(20)17-8-3-2-4-9-17/h5-7,10-12,15,17H,2-4,8-9,13-14H2,1H3. The van der Waals surface area contributed by atoms with E-state index in [1.807, 2.05) is 12.1 Å². The van der Waals surface area contributed by atoms with E-state index in [-0.39, 0.29) is 5.97 Å². The molecule has 0 spiro atoms. The number of aryl methyl sites for hydroxylation is 2. The van der Waals surface area contributed by atoms with Gasteiger partial charge in [0, 0.05) is 23.0 Å². The fourth-order valence-electron chi connectivity index (χ4n) is 5.15. The summed E-state index contributed by atoms with van der Waals surface area (Å²) in [5, 5.41) is 1.32. The largest absolute Gasteiger partial charge is 0.465 e. The maximum atomic E-state index is 12.1. The number of aromatic nitrogens is 1. The Morgan fingerprint density at radius 1 is 1.07 bits per heavy atom. The molecule has 1 saturated carbocycles. The molecule has 3 nitrogen and oxygen atoms in total. The Bertz CT molecular complexity index is 1020. The average molecular weight is 359 g/mol. The third-order valence-corrected chi connectivity index (χ3v) is 6.42. The first-order valence-corrected chi connectivity index (χ1v) is 10.1. The number of ether oxygens (including phenoxy) is 1. The Morgan fingerprint density at radius 2 is 1.89 bits per heavy atom. The van der Waals surface area contributed by atoms with Crippen molar-refractivity contribution in [3.8, 4) is 11.3 Å². The normalized spacial score (nSPS) is 16.8. The quantitative estimate of drug-likeness (QED) is 0.550. The summed E-state index contributed by atoms with van der Waals surface area (Å²) in [6, 6.07) is 14.9. The third-order valence-electron chi connectivity index (χ3n) is 6.42. The molecule has 3 aromatic rings. The first-order chi connectivity index (χ1) is 13.3. The van der Waals surface area contributed by atoms with E-state index in [1.165, 1.54) is 72.5 Å². The topological polar surface area (TPSA) is 31.2 Å². The van der Waals surface area contributed by atoms with E-state index in [0.29, 0.717) is 11.5 Å². The number of esters is 1. The van der Waals surface area contributed by atoms with Crippen molar-refractivity contribution in [2.45, 2.75) is 51.0 Å². The van der Waals surface area contributed by atoms with Crippen LogP contribution in [0.4, 0.5) is 0 Å². The molecule has 0 saturated heterocycles. The first-order valence-electron chi connectivity index (χ1n) is 10.1. The van der Waals surface area contributed by atoms with Crippen molar-refractivity contribution in [1.29, 1.82) is 0 Å². The SMILES string of the molecule is COC(=O)c1ccc2c(C3CCCCC3)c3n(c2c1)CCc1ccccc1-3. The summed E-state index contributed by atoms with van der Waals surface area (Å²) >= 11 is 0. The summed E-state index contributed by atoms with van der Waals surface area (Å²) in [6.07, 6.45) is 7.57. The zero-order chi connectivity index (χ0) is 18.4. The lowest BCUT2D eigenvalue weighted by molar-refractivity contribution is 0.0601. The number of fused-ring (bicyclic) bond motifs is 5. The van der Waals surface area contributed by atoms with E-state index in [0.717, 1.165) is 13.0 Å². The highest BCUT2D eigenvalue weighted by molar-refractivity contribution is 5.99. The van der Waals surface area contributed by atoms with E-state index >= 15 is 0 Å². The molecule has 0 bridgehead atoms. The molecule has 1 aliphatic heterocycles. The van der Waals surface area contributed by atoms with Crippen molar-refractivity contribution in [3.63, 3.8) is 0 Å². The Kier molecular flexibility index (Phi) is 4.04. The fraction of sp³-hybridized carbons (Fsp3) is 0.375. The molecule has 2 aromatic carbocycles. The van der Waals surface area contributed by atoms with E-state index in [2.05, 4.69) is 34.9 Å². The Balaban J connectivity index is 1.80. The molecule has 1 aliphatic carbocycles. The van der Waals surface area contributed by atoms with Crippen LogP contribution >= 0.6 is 0 Å². The van der Waals surface area contributed by atoms with Gasteiger partial charge < -0.3 is 9.30 Å². The number of rotatable bonds is 2. The number of benzene rings is 2. The van der Waals surface area contributed by atoms with Gasteiger partial charge in [-0.25, -0.2) is 4.79 Å². The van der Waals surface area contributed by atoms with Crippen LogP contribution in [-0.2, 0) is 17.7 Å². The molecule has 1 fully saturated rings. The molecular weight excluding hydrogens is 334 g/mol. The van der Waals surface area contributed by atoms with E-state index < -0.39 is 0 Å². The molecule has 1 aromatic heterocycles. The first kappa shape index (κ1) is 16.6. The fourth-order valence-corrected chi connectivity index (χ4v) is 5.15. The molecular formula is C24H25NO2. The second kappa shape index (κ2) is 6.56. The highest BCUT2D eigenvalue weighted by atomic mass is 16.5. The van der Waals surface area contributed by atoms with Gasteiger partial charge in [-0.05, 0) is 48.4 Å². The molecule has 0 amide bonds. The monoisotopic (exact) mass is 359 g/mol. The minimum atomic E-state index is -0.261. The van der Waals surface area contributed by atoms with Gasteiger partial charge in [0.15, 0.2) is 0 Å². The molecule has 27 heavy (non-hydrogen) atoms. The Morgan fingerprint density at radius 3 is 2.70 bits per heavy atom. The Hall–Kier alpha value is -2.55. The highest BCUT2D eigenvalue weighted by Crippen LogP contribution is 2.46. The second-order valence-corrected chi connectivity index (χ2v) is 7.88. The molecule has 3 heteroatoms. The van der Waals surface area contributed by atoms with Gasteiger partial charge >= 0.3 is 5.97 Å². The smallest absolute Gasteiger partial charge is 0.337 e. The Labute approximate surface area is 160 Å². The van der Waals surface area contributed by atoms with Crippen LogP contribution in [0.5, 0.6) is 0 Å². The molecule has 2 heterocycles. The van der Waals surface area contributed by atoms with Crippen LogP contribution in [0.3, 0.4) is 0 Å². The summed E-state index contributed by atoms with van der Waals surface area (Å²) in [5.74, 6) is 0.357. The van der Waals surface area contributed by atoms with Gasteiger partial charge in [0.1, 0.15) is 0 Å². The van der Waals surface area contributed by atoms with Gasteiger partial charge in [-0.3, -0.25) is 0 Å². The van der Waals surface area contributed by atoms with Crippen LogP contribution in [0.1, 0.15) is 59.5 Å². The molecule has 138 valence electrons. The van der Waals surface area contributed by atoms with Crippen molar-refractivity contribution in [3.05, 3.63) is 59.2 Å². The van der Waals surface area contributed by atoms with E-state index in [1.54, 1.807) is 0 Å². The van der Waals surface area contributed by atoms with Crippen LogP contribution in [0.15, 0.2) is 42.5 Å². The van der Waals surface area contributed by atoms with Crippen LogP contribution in [0.25, 0.3) is 22.2 Å². The zero-order valence-corrected chi connectivity index (χ0v) is 15.8. The van der Waals surface area contributed by atoms with Gasteiger partial charge in [0.25, 0.3) is 0 Å². The van der Waals surface area contributed by atoms with Gasteiger partial charge in [-0.1, -0.05) is 49.6 Å². The number of carbonyl (C=O) groups excluding carboxylic acids is 1. The number of hydrogen-bond donors (Lipinski definition) is 0. The number of methoxy groups -OCH3 is 1. The average Bonchev–Trinajstić information content (AvgIpc) is 3.08. The minimum Gasteiger partial charge on any atom is -0.465 e. The van der Waals surface area contributed by atoms with Crippen molar-refractivity contribution in [2.75, 3.05) is 7.11 Å². The summed E-state index contributed by atoms with van der Waals surface area (Å²) < 4.78 is 7.41. The lowest BCUT2D eigenvalue weighted by atomic mass is 9.81. The van der Waals surface area contributed by atoms with Crippen molar-refractivity contribution in [1.82, 2.24) is 4.57 Å². The minimum absolute atomic E-state index is 0.261. The van der Waals surface area contributed by atoms with Crippen LogP contribution in [0, 0.1) is 0 Å². The van der Waals surface area contributed by atoms with Crippen LogP contribution < -0.4 is 0 Å². The lowest BCUT2D eigenvalue weighted by Crippen LogP contribution is -2.13. The molecule has 0 N–H and O–H groups in total. The lowest BCUT2D eigenvalue weighted by Gasteiger charge is -2.26. The third kappa shape index (κ3) is 2.60. The molecule has 2 aliphatic rings. The van der Waals surface area contributed by atoms with E-state index in [9.17, 15) is 4.79 Å². The molecule has 0 atom stereocenters. The van der Waals surface area contributed by atoms with Crippen molar-refractivity contribution >= 4 is 16.9 Å². The van der Waals surface area contributed by atoms with Gasteiger partial charge in [0.2, 0.25) is 0 Å². The number of hydrogen-bond acceptors (Lipinski definition) is 2. The predicted molar refractivity (Wildman–Crippen MR) is 108 cm³/mol. The number of carbonyl (C=O) groups is 1. The number of nitrogens with zero attached hydrogens (tertiary/aromatic N) is 1. The van der Waals surface area contributed by atoms with Crippen molar-refractivity contribution in [2.24, 2.45) is 0 Å². The molecule has 0 radical (unpaired) electrons. The van der Waals surface area contributed by atoms with Gasteiger partial charge in [-0.2, -0.15) is 0 Å². The summed E-state index contributed by atoms with van der Waals surface area (Å²) in [6.45, 7) is 0.972. The molecule has 5 rings (SSSR count). The highest BCUT2D eigenvalue weighted by Gasteiger charge is 2.29. The second-order valence-electron chi connectivity index (χ2n) is 7.88. The maximum Gasteiger partial charge on any atom is 0.337 e. The predicted octanol–water partition coefficient (Wildman–Crippen LogP) is 5.70. The van der Waals surface area contributed by atoms with E-state index in [4.69, 9.17) is 4.74 Å². The molecule has 0 unspecified atom stereocenters. The summed E-state index contributed by atoms with van der Waals surface area (Å²) in [5.41, 5.74) is 7.54. The van der Waals surface area contributed by atoms with Crippen LogP contribution in [0.2, 0.25) is 0 Å². The zero-order valence-electron chi connectivity index (χ0n) is 15.8. The maximum absolute atomic E-state index is 12.1. The van der Waals surface area contributed by atoms with Crippen LogP contribution in [-0.4, -0.2) is 17.6 Å². The summed E-state index contributed by atoms with van der Waals surface area (Å²) in [4.78, 5) is 12.1. The summed E-state index contributed by atoms with van der Waals surface area (Å²) in [7, 11) is 1.45. The van der Waals surface area contributed by atoms with Gasteiger partial charge in [-0.15, -0.1) is 0 Å². The van der Waals surface area contributed by atoms with Crippen molar-refractivity contribution < 1.29 is 9.53 Å². The van der Waals surface area contributed by atoms with Gasteiger partial charge in [0.05, 0.1) is 18.4 Å².